The molecule has 0 bridgehead atoms. The van der Waals surface area contributed by atoms with Gasteiger partial charge < -0.3 is 0 Å². The Labute approximate surface area is 35.2 Å². The van der Waals surface area contributed by atoms with Crippen LogP contribution in [0.15, 0.2) is 0 Å². The molecule has 0 aromatic heterocycles. The van der Waals surface area contributed by atoms with Gasteiger partial charge in [-0.25, -0.2) is 0 Å². The molecule has 0 heterocycles. The van der Waals surface area contributed by atoms with Crippen molar-refractivity contribution in [3.05, 3.63) is 0 Å². The topological polar surface area (TPSA) is 20.2 Å². The summed E-state index contributed by atoms with van der Waals surface area (Å²) in [6, 6.07) is 0. The monoisotopic (exact) mass is 52.1 g/mol. The van der Waals surface area contributed by atoms with E-state index in [4.69, 9.17) is 5.11 Å². The predicted octanol–water partition coefficient (Wildman–Crippen LogP) is -0.435. The number of rotatable bonds is 1. The summed E-state index contributed by atoms with van der Waals surface area (Å²) in [5.41, 5.74) is 0. The first-order chi connectivity index (χ1) is 1.91. The molecule has 4 heavy (non-hydrogen) atoms. The molecule has 0 spiro atoms. The Morgan fingerprint density at radius 1 is 1.75 bits per heavy atom. The maximum absolute atomic E-state index is 7.88. The summed E-state index contributed by atoms with van der Waals surface area (Å²) in [7, 11) is 0. The van der Waals surface area contributed by atoms with Crippen molar-refractivity contribution in [3.8, 4) is 0 Å². The van der Waals surface area contributed by atoms with Crippen LogP contribution in [0.4, 0.5) is 0 Å². The molecule has 0 saturated carbocycles. The Morgan fingerprint density at radius 2 is 2.00 bits per heavy atom. The third kappa shape index (κ3) is 2.56. The summed E-state index contributed by atoms with van der Waals surface area (Å²) < 4.78 is 0. The van der Waals surface area contributed by atoms with E-state index in [1.165, 1.54) is 0 Å². The summed E-state index contributed by atoms with van der Waals surface area (Å²) in [4.78, 5) is 0. The van der Waals surface area contributed by atoms with Crippen molar-refractivity contribution in [1.29, 1.82) is 0 Å². The van der Waals surface area contributed by atoms with Crippen molar-refractivity contribution in [3.63, 3.8) is 0 Å². The van der Waals surface area contributed by atoms with Crippen molar-refractivity contribution in [2.45, 2.75) is 5.09 Å². The van der Waals surface area contributed by atoms with Crippen LogP contribution < -0.4 is 0 Å². The number of aliphatic hydroxyl groups is 1. The summed E-state index contributed by atoms with van der Waals surface area (Å²) in [5, 5.41) is 8.75. The molecular weight excluding hydrogens is 47.0 g/mol. The average molecular weight is 52.0 g/mol. The molecule has 0 aromatic carbocycles. The van der Waals surface area contributed by atoms with Gasteiger partial charge in [-0.1, -0.05) is 0 Å². The number of aliphatic hydroxyl groups excluding tert-OH is 1. The second-order valence-corrected chi connectivity index (χ2v) is 0.724. The Bertz CT molecular complexity index is 8.00. The summed E-state index contributed by atoms with van der Waals surface area (Å²) >= 11 is 1.93. The molecule has 0 aliphatic heterocycles. The van der Waals surface area contributed by atoms with Crippen LogP contribution >= 0.6 is 0 Å². The first-order valence-corrected chi connectivity index (χ1v) is 1.52. The van der Waals surface area contributed by atoms with E-state index in [2.05, 4.69) is 0 Å². The molecule has 0 aliphatic rings. The van der Waals surface area contributed by atoms with Crippen molar-refractivity contribution in [1.82, 2.24) is 0 Å². The van der Waals surface area contributed by atoms with Crippen molar-refractivity contribution < 1.29 is 5.11 Å². The summed E-state index contributed by atoms with van der Waals surface area (Å²) in [5.74, 6) is 0. The summed E-state index contributed by atoms with van der Waals surface area (Å²) in [6.45, 7) is 0.319. The van der Waals surface area contributed by atoms with Gasteiger partial charge in [0.25, 0.3) is 0 Å². The Kier molecular flexibility index (Phi) is 4.05. The van der Waals surface area contributed by atoms with Gasteiger partial charge in [0.2, 0.25) is 0 Å². The van der Waals surface area contributed by atoms with Crippen molar-refractivity contribution >= 4 is 17.7 Å². The SMILES string of the molecule is [Li][CH2]CO. The van der Waals surface area contributed by atoms with E-state index < -0.39 is 0 Å². The fourth-order valence-electron chi connectivity index (χ4n) is 0. The number of hydrogen-bond donors (Lipinski definition) is 1. The van der Waals surface area contributed by atoms with Crippen LogP contribution in [0.5, 0.6) is 0 Å². The zero-order valence-electron chi connectivity index (χ0n) is 2.86. The molecule has 1 nitrogen and oxygen atoms in total. The standard InChI is InChI=1S/C2H5O.Li/c1-2-3;/h3H,1-2H2;. The first-order valence-electron chi connectivity index (χ1n) is 1.52. The summed E-state index contributed by atoms with van der Waals surface area (Å²) in [6.07, 6.45) is 0. The molecule has 0 amide bonds. The molecule has 0 atom stereocenters. The molecule has 1 N–H and O–H groups in total. The molecule has 2 heteroatoms. The second kappa shape index (κ2) is 3.56. The molecule has 0 fully saturated rings. The third-order valence-corrected chi connectivity index (χ3v) is 0.224. The van der Waals surface area contributed by atoms with Crippen molar-refractivity contribution in [2.75, 3.05) is 6.61 Å². The molecule has 20 valence electrons. The molecule has 0 rings (SSSR count). The van der Waals surface area contributed by atoms with Gasteiger partial charge in [0.1, 0.15) is 0 Å². The van der Waals surface area contributed by atoms with Gasteiger partial charge in [0, 0.05) is 0 Å². The maximum atomic E-state index is 7.88. The number of hydrogen-bond acceptors (Lipinski definition) is 1. The van der Waals surface area contributed by atoms with E-state index in [0.717, 1.165) is 5.09 Å². The first kappa shape index (κ1) is 4.56. The molecule has 0 radical (unpaired) electrons. The average Bonchev–Trinajstić information content (AvgIpc) is 1.37. The van der Waals surface area contributed by atoms with Crippen LogP contribution in [-0.4, -0.2) is 29.4 Å². The van der Waals surface area contributed by atoms with Crippen LogP contribution in [0, 0.1) is 0 Å². The predicted molar refractivity (Wildman–Crippen MR) is 17.6 cm³/mol. The zero-order chi connectivity index (χ0) is 3.41. The van der Waals surface area contributed by atoms with E-state index in [1.54, 1.807) is 0 Å². The molecule has 0 unspecified atom stereocenters. The Balaban J connectivity index is 1.97. The van der Waals surface area contributed by atoms with Crippen LogP contribution in [0.1, 0.15) is 0 Å². The Hall–Kier alpha value is 0.557. The zero-order valence-corrected chi connectivity index (χ0v) is 2.86. The van der Waals surface area contributed by atoms with E-state index in [9.17, 15) is 0 Å². The van der Waals surface area contributed by atoms with E-state index >= 15 is 0 Å². The van der Waals surface area contributed by atoms with E-state index in [0.29, 0.717) is 6.61 Å². The minimum atomic E-state index is 0.319. The fourth-order valence-corrected chi connectivity index (χ4v) is 0. The second-order valence-electron chi connectivity index (χ2n) is 0.724. The third-order valence-electron chi connectivity index (χ3n) is 0.224. The quantitative estimate of drug-likeness (QED) is 0.401. The molecular formula is C2H5LiO. The normalized spacial score (nSPS) is 7.75. The van der Waals surface area contributed by atoms with Gasteiger partial charge in [-0.3, -0.25) is 0 Å². The van der Waals surface area contributed by atoms with Gasteiger partial charge >= 0.3 is 34.5 Å². The van der Waals surface area contributed by atoms with E-state index in [1.807, 2.05) is 17.7 Å². The van der Waals surface area contributed by atoms with Gasteiger partial charge in [0.05, 0.1) is 0 Å². The molecule has 0 saturated heterocycles. The van der Waals surface area contributed by atoms with Gasteiger partial charge in [0.15, 0.2) is 0 Å². The van der Waals surface area contributed by atoms with Crippen molar-refractivity contribution in [2.24, 2.45) is 0 Å². The molecule has 0 aliphatic carbocycles. The van der Waals surface area contributed by atoms with Crippen LogP contribution in [-0.2, 0) is 0 Å². The van der Waals surface area contributed by atoms with Crippen LogP contribution in [0.25, 0.3) is 0 Å². The fraction of sp³-hybridized carbons (Fsp3) is 1.00. The van der Waals surface area contributed by atoms with E-state index in [-0.39, 0.29) is 0 Å². The van der Waals surface area contributed by atoms with Gasteiger partial charge in [-0.2, -0.15) is 0 Å². The van der Waals surface area contributed by atoms with Gasteiger partial charge in [-0.05, 0) is 0 Å². The van der Waals surface area contributed by atoms with Crippen LogP contribution in [0.3, 0.4) is 0 Å². The molecule has 0 aromatic rings. The van der Waals surface area contributed by atoms with Crippen LogP contribution in [0.2, 0.25) is 5.09 Å². The minimum absolute atomic E-state index is 0.319. The Morgan fingerprint density at radius 3 is 2.00 bits per heavy atom. The van der Waals surface area contributed by atoms with Gasteiger partial charge in [-0.15, -0.1) is 0 Å².